The molecule has 0 saturated heterocycles. The van der Waals surface area contributed by atoms with Crippen LogP contribution in [0.4, 0.5) is 10.1 Å². The van der Waals surface area contributed by atoms with Crippen LogP contribution in [-0.4, -0.2) is 16.0 Å². The summed E-state index contributed by atoms with van der Waals surface area (Å²) in [5.74, 6) is 0.159. The third-order valence-corrected chi connectivity index (χ3v) is 3.62. The van der Waals surface area contributed by atoms with Gasteiger partial charge in [0.15, 0.2) is 0 Å². The Morgan fingerprint density at radius 2 is 1.92 bits per heavy atom. The zero-order chi connectivity index (χ0) is 17.8. The fourth-order valence-corrected chi connectivity index (χ4v) is 2.59. The number of benzene rings is 2. The normalized spacial score (nSPS) is 10.7. The zero-order valence-electron chi connectivity index (χ0n) is 14.0. The summed E-state index contributed by atoms with van der Waals surface area (Å²) in [7, 11) is 0. The standard InChI is InChI=1S/C19H18FN3O2/c1-12-8-13(2)10-16(9-12)21-17(24)6-7-18-22-19(23-25-18)14-4-3-5-15(20)11-14/h3-5,8-11H,6-7H2,1-2H3,(H,21,24). The van der Waals surface area contributed by atoms with Crippen LogP contribution in [0.2, 0.25) is 0 Å². The highest BCUT2D eigenvalue weighted by Gasteiger charge is 2.11. The van der Waals surface area contributed by atoms with Crippen LogP contribution in [0.5, 0.6) is 0 Å². The van der Waals surface area contributed by atoms with Crippen molar-refractivity contribution in [2.24, 2.45) is 0 Å². The maximum atomic E-state index is 13.2. The van der Waals surface area contributed by atoms with Crippen LogP contribution in [-0.2, 0) is 11.2 Å². The van der Waals surface area contributed by atoms with Gasteiger partial charge in [0.1, 0.15) is 5.82 Å². The Morgan fingerprint density at radius 3 is 2.64 bits per heavy atom. The van der Waals surface area contributed by atoms with Crippen molar-refractivity contribution in [3.05, 3.63) is 65.3 Å². The predicted molar refractivity (Wildman–Crippen MR) is 92.6 cm³/mol. The number of hydrogen-bond donors (Lipinski definition) is 1. The Kier molecular flexibility index (Phi) is 4.88. The van der Waals surface area contributed by atoms with Crippen molar-refractivity contribution < 1.29 is 13.7 Å². The Bertz CT molecular complexity index is 885. The average molecular weight is 339 g/mol. The molecule has 0 aliphatic heterocycles. The summed E-state index contributed by atoms with van der Waals surface area (Å²) in [5.41, 5.74) is 3.49. The molecule has 6 heteroatoms. The quantitative estimate of drug-likeness (QED) is 0.761. The molecule has 1 N–H and O–H groups in total. The Hall–Kier alpha value is -3.02. The second-order valence-corrected chi connectivity index (χ2v) is 5.95. The molecule has 3 aromatic rings. The fourth-order valence-electron chi connectivity index (χ4n) is 2.59. The molecule has 0 aliphatic carbocycles. The molecular formula is C19H18FN3O2. The first-order valence-corrected chi connectivity index (χ1v) is 7.96. The minimum absolute atomic E-state index is 0.129. The highest BCUT2D eigenvalue weighted by Crippen LogP contribution is 2.18. The van der Waals surface area contributed by atoms with Gasteiger partial charge < -0.3 is 9.84 Å². The smallest absolute Gasteiger partial charge is 0.227 e. The lowest BCUT2D eigenvalue weighted by Crippen LogP contribution is -2.12. The van der Waals surface area contributed by atoms with Gasteiger partial charge in [0.05, 0.1) is 0 Å². The largest absolute Gasteiger partial charge is 0.339 e. The van der Waals surface area contributed by atoms with Crippen molar-refractivity contribution >= 4 is 11.6 Å². The third-order valence-electron chi connectivity index (χ3n) is 3.62. The molecular weight excluding hydrogens is 321 g/mol. The molecule has 5 nitrogen and oxygen atoms in total. The summed E-state index contributed by atoms with van der Waals surface area (Å²) in [4.78, 5) is 16.3. The molecule has 0 bridgehead atoms. The summed E-state index contributed by atoms with van der Waals surface area (Å²) in [6.45, 7) is 3.96. The van der Waals surface area contributed by atoms with Gasteiger partial charge in [-0.1, -0.05) is 23.4 Å². The van der Waals surface area contributed by atoms with Gasteiger partial charge in [-0.3, -0.25) is 4.79 Å². The molecule has 2 aromatic carbocycles. The highest BCUT2D eigenvalue weighted by atomic mass is 19.1. The number of nitrogens with one attached hydrogen (secondary N) is 1. The highest BCUT2D eigenvalue weighted by molar-refractivity contribution is 5.90. The van der Waals surface area contributed by atoms with Crippen LogP contribution in [0, 0.1) is 19.7 Å². The lowest BCUT2D eigenvalue weighted by atomic mass is 10.1. The van der Waals surface area contributed by atoms with Gasteiger partial charge in [-0.05, 0) is 49.2 Å². The van der Waals surface area contributed by atoms with Crippen LogP contribution < -0.4 is 5.32 Å². The number of amides is 1. The average Bonchev–Trinajstić information content (AvgIpc) is 3.01. The molecule has 0 unspecified atom stereocenters. The van der Waals surface area contributed by atoms with Gasteiger partial charge in [0.2, 0.25) is 17.6 Å². The number of halogens is 1. The molecule has 25 heavy (non-hydrogen) atoms. The van der Waals surface area contributed by atoms with Crippen LogP contribution in [0.15, 0.2) is 47.0 Å². The maximum Gasteiger partial charge on any atom is 0.227 e. The topological polar surface area (TPSA) is 68.0 Å². The predicted octanol–water partition coefficient (Wildman–Crippen LogP) is 4.06. The van der Waals surface area contributed by atoms with E-state index in [1.807, 2.05) is 32.0 Å². The monoisotopic (exact) mass is 339 g/mol. The Balaban J connectivity index is 1.59. The zero-order valence-corrected chi connectivity index (χ0v) is 14.0. The van der Waals surface area contributed by atoms with Crippen molar-refractivity contribution in [2.75, 3.05) is 5.32 Å². The third kappa shape index (κ3) is 4.50. The molecule has 0 aliphatic rings. The van der Waals surface area contributed by atoms with E-state index in [0.717, 1.165) is 16.8 Å². The summed E-state index contributed by atoms with van der Waals surface area (Å²) >= 11 is 0. The lowest BCUT2D eigenvalue weighted by Gasteiger charge is -2.06. The maximum absolute atomic E-state index is 13.2. The van der Waals surface area contributed by atoms with E-state index in [0.29, 0.717) is 23.7 Å². The van der Waals surface area contributed by atoms with E-state index >= 15 is 0 Å². The van der Waals surface area contributed by atoms with E-state index in [1.165, 1.54) is 12.1 Å². The Morgan fingerprint density at radius 1 is 1.16 bits per heavy atom. The first kappa shape index (κ1) is 16.8. The molecule has 3 rings (SSSR count). The summed E-state index contributed by atoms with van der Waals surface area (Å²) in [6, 6.07) is 11.8. The van der Waals surface area contributed by atoms with Crippen LogP contribution in [0.3, 0.4) is 0 Å². The molecule has 1 heterocycles. The molecule has 0 saturated carbocycles. The number of aryl methyl sites for hydroxylation is 3. The van der Waals surface area contributed by atoms with Gasteiger partial charge in [-0.2, -0.15) is 4.98 Å². The Labute approximate surface area is 144 Å². The van der Waals surface area contributed by atoms with E-state index in [-0.39, 0.29) is 18.1 Å². The van der Waals surface area contributed by atoms with Gasteiger partial charge in [0.25, 0.3) is 0 Å². The first-order chi connectivity index (χ1) is 12.0. The molecule has 0 atom stereocenters. The molecule has 0 spiro atoms. The molecule has 1 aromatic heterocycles. The number of aromatic nitrogens is 2. The van der Waals surface area contributed by atoms with E-state index in [9.17, 15) is 9.18 Å². The molecule has 0 radical (unpaired) electrons. The summed E-state index contributed by atoms with van der Waals surface area (Å²) < 4.78 is 18.4. The van der Waals surface area contributed by atoms with Gasteiger partial charge in [0, 0.05) is 24.1 Å². The van der Waals surface area contributed by atoms with Gasteiger partial charge >= 0.3 is 0 Å². The van der Waals surface area contributed by atoms with Gasteiger partial charge in [-0.25, -0.2) is 4.39 Å². The number of rotatable bonds is 5. The van der Waals surface area contributed by atoms with Crippen molar-refractivity contribution in [3.63, 3.8) is 0 Å². The fraction of sp³-hybridized carbons (Fsp3) is 0.211. The summed E-state index contributed by atoms with van der Waals surface area (Å²) in [6.07, 6.45) is 0.538. The lowest BCUT2D eigenvalue weighted by molar-refractivity contribution is -0.116. The second kappa shape index (κ2) is 7.25. The van der Waals surface area contributed by atoms with Crippen molar-refractivity contribution in [2.45, 2.75) is 26.7 Å². The van der Waals surface area contributed by atoms with Crippen LogP contribution >= 0.6 is 0 Å². The van der Waals surface area contributed by atoms with E-state index in [4.69, 9.17) is 4.52 Å². The molecule has 1 amide bonds. The number of nitrogens with zero attached hydrogens (tertiary/aromatic N) is 2. The summed E-state index contributed by atoms with van der Waals surface area (Å²) in [5, 5.41) is 6.69. The van der Waals surface area contributed by atoms with E-state index in [2.05, 4.69) is 15.5 Å². The molecule has 128 valence electrons. The minimum atomic E-state index is -0.364. The van der Waals surface area contributed by atoms with E-state index in [1.54, 1.807) is 12.1 Å². The first-order valence-electron chi connectivity index (χ1n) is 7.96. The number of carbonyl (C=O) groups is 1. The van der Waals surface area contributed by atoms with Crippen molar-refractivity contribution in [1.29, 1.82) is 0 Å². The van der Waals surface area contributed by atoms with E-state index < -0.39 is 0 Å². The SMILES string of the molecule is Cc1cc(C)cc(NC(=O)CCc2nc(-c3cccc(F)c3)no2)c1. The van der Waals surface area contributed by atoms with Crippen molar-refractivity contribution in [1.82, 2.24) is 10.1 Å². The van der Waals surface area contributed by atoms with Crippen LogP contribution in [0.25, 0.3) is 11.4 Å². The van der Waals surface area contributed by atoms with Crippen LogP contribution in [0.1, 0.15) is 23.4 Å². The number of anilines is 1. The molecule has 0 fully saturated rings. The van der Waals surface area contributed by atoms with Gasteiger partial charge in [-0.15, -0.1) is 0 Å². The minimum Gasteiger partial charge on any atom is -0.339 e. The number of hydrogen-bond acceptors (Lipinski definition) is 4. The second-order valence-electron chi connectivity index (χ2n) is 5.95. The van der Waals surface area contributed by atoms with Crippen molar-refractivity contribution in [3.8, 4) is 11.4 Å². The number of carbonyl (C=O) groups excluding carboxylic acids is 1.